The Kier molecular flexibility index (Phi) is 3.83. The number of nitrogens with zero attached hydrogens (tertiary/aromatic N) is 5. The van der Waals surface area contributed by atoms with Crippen LogP contribution in [-0.2, 0) is 0 Å². The smallest absolute Gasteiger partial charge is 0.209 e. The molecule has 0 aliphatic heterocycles. The molecule has 0 unspecified atom stereocenters. The van der Waals surface area contributed by atoms with Crippen molar-refractivity contribution in [3.05, 3.63) is 29.8 Å². The van der Waals surface area contributed by atoms with E-state index in [2.05, 4.69) is 21.6 Å². The van der Waals surface area contributed by atoms with E-state index in [9.17, 15) is 0 Å². The van der Waals surface area contributed by atoms with Crippen LogP contribution >= 0.6 is 11.8 Å². The van der Waals surface area contributed by atoms with Crippen LogP contribution in [0.15, 0.2) is 29.4 Å². The number of tetrazole rings is 1. The van der Waals surface area contributed by atoms with Crippen LogP contribution in [0.1, 0.15) is 24.4 Å². The van der Waals surface area contributed by atoms with E-state index >= 15 is 0 Å². The monoisotopic (exact) mass is 287 g/mol. The molecule has 0 saturated heterocycles. The molecule has 1 heterocycles. The second-order valence-electron chi connectivity index (χ2n) is 4.47. The minimum absolute atomic E-state index is 0.493. The van der Waals surface area contributed by atoms with E-state index in [4.69, 9.17) is 10.00 Å². The molecule has 1 saturated carbocycles. The Balaban J connectivity index is 1.45. The molecular weight excluding hydrogens is 274 g/mol. The van der Waals surface area contributed by atoms with Gasteiger partial charge < -0.3 is 4.74 Å². The molecule has 1 aromatic heterocycles. The lowest BCUT2D eigenvalue weighted by molar-refractivity contribution is 0.343. The molecule has 7 heteroatoms. The van der Waals surface area contributed by atoms with Gasteiger partial charge in [-0.1, -0.05) is 11.8 Å². The molecule has 0 amide bonds. The van der Waals surface area contributed by atoms with E-state index in [1.165, 1.54) is 12.8 Å². The summed E-state index contributed by atoms with van der Waals surface area (Å²) in [6.07, 6.45) is 2.33. The molecule has 0 bridgehead atoms. The van der Waals surface area contributed by atoms with Crippen molar-refractivity contribution < 1.29 is 4.74 Å². The lowest BCUT2D eigenvalue weighted by atomic mass is 10.2. The highest BCUT2D eigenvalue weighted by atomic mass is 32.2. The van der Waals surface area contributed by atoms with Crippen molar-refractivity contribution in [1.82, 2.24) is 20.2 Å². The van der Waals surface area contributed by atoms with Crippen molar-refractivity contribution in [1.29, 1.82) is 5.26 Å². The number of thioether (sulfide) groups is 1. The van der Waals surface area contributed by atoms with Gasteiger partial charge in [0.25, 0.3) is 0 Å². The molecule has 2 aromatic rings. The van der Waals surface area contributed by atoms with Crippen LogP contribution in [-0.4, -0.2) is 32.6 Å². The van der Waals surface area contributed by atoms with Crippen molar-refractivity contribution in [2.24, 2.45) is 0 Å². The molecule has 0 N–H and O–H groups in total. The van der Waals surface area contributed by atoms with Gasteiger partial charge in [-0.2, -0.15) is 5.26 Å². The van der Waals surface area contributed by atoms with E-state index < -0.39 is 0 Å². The largest absolute Gasteiger partial charge is 0.493 e. The Morgan fingerprint density at radius 1 is 1.35 bits per heavy atom. The molecule has 20 heavy (non-hydrogen) atoms. The Morgan fingerprint density at radius 3 is 2.85 bits per heavy atom. The number of hydrogen-bond donors (Lipinski definition) is 0. The van der Waals surface area contributed by atoms with Crippen molar-refractivity contribution in [2.45, 2.75) is 24.0 Å². The van der Waals surface area contributed by atoms with E-state index in [-0.39, 0.29) is 0 Å². The van der Waals surface area contributed by atoms with E-state index in [0.717, 1.165) is 16.7 Å². The van der Waals surface area contributed by atoms with Crippen LogP contribution < -0.4 is 4.74 Å². The first kappa shape index (κ1) is 12.9. The Morgan fingerprint density at radius 2 is 2.15 bits per heavy atom. The topological polar surface area (TPSA) is 76.6 Å². The third-order valence-electron chi connectivity index (χ3n) is 2.92. The summed E-state index contributed by atoms with van der Waals surface area (Å²) < 4.78 is 7.51. The number of nitriles is 1. The first-order chi connectivity index (χ1) is 9.86. The van der Waals surface area contributed by atoms with Crippen molar-refractivity contribution in [2.75, 3.05) is 12.4 Å². The van der Waals surface area contributed by atoms with Gasteiger partial charge >= 0.3 is 0 Å². The highest BCUT2D eigenvalue weighted by Crippen LogP contribution is 2.36. The predicted molar refractivity (Wildman–Crippen MR) is 73.5 cm³/mol. The summed E-state index contributed by atoms with van der Waals surface area (Å²) >= 11 is 1.60. The summed E-state index contributed by atoms with van der Waals surface area (Å²) in [4.78, 5) is 0. The maximum Gasteiger partial charge on any atom is 0.209 e. The van der Waals surface area contributed by atoms with Crippen LogP contribution in [0.3, 0.4) is 0 Å². The number of ether oxygens (including phenoxy) is 1. The number of rotatable bonds is 6. The lowest BCUT2D eigenvalue weighted by Crippen LogP contribution is -2.03. The summed E-state index contributed by atoms with van der Waals surface area (Å²) in [5, 5.41) is 21.3. The fraction of sp³-hybridized carbons (Fsp3) is 0.385. The molecule has 1 fully saturated rings. The second-order valence-corrected chi connectivity index (χ2v) is 5.53. The third-order valence-corrected chi connectivity index (χ3v) is 3.82. The predicted octanol–water partition coefficient (Wildman–Crippen LogP) is 2.05. The summed E-state index contributed by atoms with van der Waals surface area (Å²) in [5.74, 6) is 1.55. The normalized spacial score (nSPS) is 13.9. The molecule has 0 atom stereocenters. The number of hydrogen-bond acceptors (Lipinski definition) is 6. The van der Waals surface area contributed by atoms with Gasteiger partial charge in [0.1, 0.15) is 5.75 Å². The number of aromatic nitrogens is 4. The van der Waals surface area contributed by atoms with Crippen LogP contribution in [0.25, 0.3) is 0 Å². The SMILES string of the molecule is N#Cc1ccc(OCCSc2nnnn2C2CC2)cc1. The highest BCUT2D eigenvalue weighted by Gasteiger charge is 2.27. The zero-order chi connectivity index (χ0) is 13.8. The minimum atomic E-state index is 0.493. The summed E-state index contributed by atoms with van der Waals surface area (Å²) in [6, 6.07) is 9.67. The number of benzene rings is 1. The zero-order valence-corrected chi connectivity index (χ0v) is 11.6. The van der Waals surface area contributed by atoms with Crippen LogP contribution in [0.2, 0.25) is 0 Å². The first-order valence-electron chi connectivity index (χ1n) is 6.40. The van der Waals surface area contributed by atoms with Gasteiger partial charge in [0.2, 0.25) is 5.16 Å². The molecular formula is C13H13N5OS. The molecule has 1 aromatic carbocycles. The van der Waals surface area contributed by atoms with Crippen molar-refractivity contribution in [3.63, 3.8) is 0 Å². The Labute approximate surface area is 120 Å². The van der Waals surface area contributed by atoms with Gasteiger partial charge in [0.15, 0.2) is 0 Å². The van der Waals surface area contributed by atoms with Gasteiger partial charge in [0, 0.05) is 5.75 Å². The van der Waals surface area contributed by atoms with Crippen molar-refractivity contribution in [3.8, 4) is 11.8 Å². The molecule has 1 aliphatic carbocycles. The maximum absolute atomic E-state index is 8.71. The van der Waals surface area contributed by atoms with Crippen LogP contribution in [0, 0.1) is 11.3 Å². The van der Waals surface area contributed by atoms with E-state index in [0.29, 0.717) is 18.2 Å². The fourth-order valence-electron chi connectivity index (χ4n) is 1.75. The molecule has 3 rings (SSSR count). The average Bonchev–Trinajstić information content (AvgIpc) is 3.23. The summed E-state index contributed by atoms with van der Waals surface area (Å²) in [6.45, 7) is 0.577. The van der Waals surface area contributed by atoms with Crippen molar-refractivity contribution >= 4 is 11.8 Å². The lowest BCUT2D eigenvalue weighted by Gasteiger charge is -2.05. The van der Waals surface area contributed by atoms with Gasteiger partial charge in [-0.3, -0.25) is 0 Å². The van der Waals surface area contributed by atoms with Crippen LogP contribution in [0.4, 0.5) is 0 Å². The van der Waals surface area contributed by atoms with Crippen LogP contribution in [0.5, 0.6) is 5.75 Å². The minimum Gasteiger partial charge on any atom is -0.493 e. The maximum atomic E-state index is 8.71. The van der Waals surface area contributed by atoms with E-state index in [1.807, 2.05) is 4.68 Å². The molecule has 102 valence electrons. The molecule has 0 radical (unpaired) electrons. The Hall–Kier alpha value is -2.07. The quantitative estimate of drug-likeness (QED) is 0.598. The molecule has 0 spiro atoms. The summed E-state index contributed by atoms with van der Waals surface area (Å²) in [7, 11) is 0. The zero-order valence-electron chi connectivity index (χ0n) is 10.8. The van der Waals surface area contributed by atoms with Gasteiger partial charge in [-0.25, -0.2) is 4.68 Å². The second kappa shape index (κ2) is 5.92. The first-order valence-corrected chi connectivity index (χ1v) is 7.39. The van der Waals surface area contributed by atoms with Gasteiger partial charge in [-0.15, -0.1) is 5.10 Å². The third kappa shape index (κ3) is 3.08. The fourth-order valence-corrected chi connectivity index (χ4v) is 2.51. The Bertz CT molecular complexity index is 614. The standard InChI is InChI=1S/C13H13N5OS/c14-9-10-1-5-12(6-2-10)19-7-8-20-13-15-16-17-18(13)11-3-4-11/h1-2,5-6,11H,3-4,7-8H2. The van der Waals surface area contributed by atoms with Gasteiger partial charge in [0.05, 0.1) is 24.3 Å². The molecule has 6 nitrogen and oxygen atoms in total. The van der Waals surface area contributed by atoms with E-state index in [1.54, 1.807) is 36.0 Å². The highest BCUT2D eigenvalue weighted by molar-refractivity contribution is 7.99. The van der Waals surface area contributed by atoms with Gasteiger partial charge in [-0.05, 0) is 47.5 Å². The molecule has 1 aliphatic rings. The average molecular weight is 287 g/mol. The summed E-state index contributed by atoms with van der Waals surface area (Å²) in [5.41, 5.74) is 0.635.